The Balaban J connectivity index is 1.47. The molecule has 1 saturated heterocycles. The summed E-state index contributed by atoms with van der Waals surface area (Å²) in [4.78, 5) is 2.76. The van der Waals surface area contributed by atoms with Gasteiger partial charge < -0.3 is 5.32 Å². The van der Waals surface area contributed by atoms with Gasteiger partial charge in [0.05, 0.1) is 0 Å². The summed E-state index contributed by atoms with van der Waals surface area (Å²) < 4.78 is 0. The average molecular weight is 270 g/mol. The number of nitrogens with one attached hydrogen (secondary N) is 1. The zero-order chi connectivity index (χ0) is 13.4. The summed E-state index contributed by atoms with van der Waals surface area (Å²) in [7, 11) is 0. The molecule has 0 aromatic heterocycles. The zero-order valence-electron chi connectivity index (χ0n) is 12.3. The van der Waals surface area contributed by atoms with E-state index in [0.717, 1.165) is 30.8 Å². The third kappa shape index (κ3) is 2.40. The molecule has 2 aliphatic carbocycles. The monoisotopic (exact) mass is 270 g/mol. The minimum absolute atomic E-state index is 0.587. The Labute approximate surface area is 122 Å². The second kappa shape index (κ2) is 5.50. The Kier molecular flexibility index (Phi) is 3.53. The van der Waals surface area contributed by atoms with Crippen LogP contribution in [0.2, 0.25) is 0 Å². The molecule has 0 spiro atoms. The van der Waals surface area contributed by atoms with Gasteiger partial charge in [0.2, 0.25) is 0 Å². The lowest BCUT2D eigenvalue weighted by Gasteiger charge is -2.39. The quantitative estimate of drug-likeness (QED) is 0.908. The van der Waals surface area contributed by atoms with Gasteiger partial charge >= 0.3 is 0 Å². The highest BCUT2D eigenvalue weighted by Crippen LogP contribution is 2.48. The van der Waals surface area contributed by atoms with Crippen LogP contribution >= 0.6 is 0 Å². The molecule has 2 saturated carbocycles. The molecular formula is C18H26N2. The van der Waals surface area contributed by atoms with Gasteiger partial charge in [-0.2, -0.15) is 0 Å². The van der Waals surface area contributed by atoms with Gasteiger partial charge in [0.1, 0.15) is 0 Å². The average Bonchev–Trinajstić information content (AvgIpc) is 3.11. The molecule has 1 heterocycles. The first-order valence-corrected chi connectivity index (χ1v) is 8.40. The number of hydrogen-bond donors (Lipinski definition) is 1. The van der Waals surface area contributed by atoms with Crippen molar-refractivity contribution in [1.82, 2.24) is 10.2 Å². The highest BCUT2D eigenvalue weighted by Gasteiger charge is 2.40. The Bertz CT molecular complexity index is 444. The zero-order valence-corrected chi connectivity index (χ0v) is 12.3. The molecule has 20 heavy (non-hydrogen) atoms. The van der Waals surface area contributed by atoms with Gasteiger partial charge in [0.25, 0.3) is 0 Å². The molecule has 2 heteroatoms. The molecule has 0 radical (unpaired) electrons. The van der Waals surface area contributed by atoms with Crippen LogP contribution in [-0.4, -0.2) is 31.1 Å². The summed E-state index contributed by atoms with van der Waals surface area (Å²) in [6.45, 7) is 4.82. The minimum Gasteiger partial charge on any atom is -0.314 e. The maximum Gasteiger partial charge on any atom is 0.0473 e. The largest absolute Gasteiger partial charge is 0.314 e. The molecule has 4 atom stereocenters. The van der Waals surface area contributed by atoms with E-state index in [9.17, 15) is 0 Å². The first-order chi connectivity index (χ1) is 9.90. The molecule has 1 aromatic rings. The Hall–Kier alpha value is -0.860. The van der Waals surface area contributed by atoms with E-state index in [-0.39, 0.29) is 0 Å². The Morgan fingerprint density at radius 2 is 2.00 bits per heavy atom. The summed E-state index contributed by atoms with van der Waals surface area (Å²) in [5, 5.41) is 3.58. The Morgan fingerprint density at radius 3 is 2.75 bits per heavy atom. The van der Waals surface area contributed by atoms with E-state index in [0.29, 0.717) is 6.04 Å². The molecule has 3 fully saturated rings. The standard InChI is InChI=1S/C18H26N2/c1-2-4-15(5-3-1)18-12-19-8-9-20(18)13-17-11-14-6-7-16(17)10-14/h1-5,14,16-19H,6-13H2. The fraction of sp³-hybridized carbons (Fsp3) is 0.667. The molecule has 2 bridgehead atoms. The number of rotatable bonds is 3. The molecule has 1 aromatic carbocycles. The topological polar surface area (TPSA) is 15.3 Å². The number of hydrogen-bond acceptors (Lipinski definition) is 2. The fourth-order valence-corrected chi connectivity index (χ4v) is 4.87. The lowest BCUT2D eigenvalue weighted by Crippen LogP contribution is -2.48. The summed E-state index contributed by atoms with van der Waals surface area (Å²) in [6.07, 6.45) is 6.07. The molecule has 3 aliphatic rings. The van der Waals surface area contributed by atoms with Crippen molar-refractivity contribution in [1.29, 1.82) is 0 Å². The second-order valence-electron chi connectivity index (χ2n) is 7.06. The number of benzene rings is 1. The van der Waals surface area contributed by atoms with Gasteiger partial charge in [-0.1, -0.05) is 36.8 Å². The van der Waals surface area contributed by atoms with Crippen molar-refractivity contribution in [2.45, 2.75) is 31.7 Å². The predicted molar refractivity (Wildman–Crippen MR) is 82.6 cm³/mol. The van der Waals surface area contributed by atoms with E-state index in [2.05, 4.69) is 40.5 Å². The summed E-state index contributed by atoms with van der Waals surface area (Å²) in [6, 6.07) is 11.7. The van der Waals surface area contributed by atoms with Crippen LogP contribution in [0.5, 0.6) is 0 Å². The van der Waals surface area contributed by atoms with Gasteiger partial charge in [-0.05, 0) is 42.6 Å². The van der Waals surface area contributed by atoms with Gasteiger partial charge in [-0.3, -0.25) is 4.90 Å². The van der Waals surface area contributed by atoms with E-state index < -0.39 is 0 Å². The molecule has 4 rings (SSSR count). The second-order valence-corrected chi connectivity index (χ2v) is 7.06. The van der Waals surface area contributed by atoms with Crippen LogP contribution in [0, 0.1) is 17.8 Å². The van der Waals surface area contributed by atoms with Crippen molar-refractivity contribution < 1.29 is 0 Å². The lowest BCUT2D eigenvalue weighted by atomic mass is 9.87. The number of nitrogens with zero attached hydrogens (tertiary/aromatic N) is 1. The summed E-state index contributed by atoms with van der Waals surface area (Å²) in [5.74, 6) is 3.10. The summed E-state index contributed by atoms with van der Waals surface area (Å²) >= 11 is 0. The van der Waals surface area contributed by atoms with E-state index in [1.165, 1.54) is 44.3 Å². The van der Waals surface area contributed by atoms with Crippen LogP contribution in [0.1, 0.15) is 37.3 Å². The molecule has 1 N–H and O–H groups in total. The molecule has 4 unspecified atom stereocenters. The van der Waals surface area contributed by atoms with E-state index in [1.807, 2.05) is 0 Å². The molecule has 0 amide bonds. The molecule has 2 nitrogen and oxygen atoms in total. The SMILES string of the molecule is c1ccc(C2CNCCN2CC2CC3CCC2C3)cc1. The van der Waals surface area contributed by atoms with Crippen molar-refractivity contribution in [3.63, 3.8) is 0 Å². The smallest absolute Gasteiger partial charge is 0.0473 e. The van der Waals surface area contributed by atoms with E-state index in [4.69, 9.17) is 0 Å². The van der Waals surface area contributed by atoms with Crippen molar-refractivity contribution in [3.05, 3.63) is 35.9 Å². The van der Waals surface area contributed by atoms with Crippen molar-refractivity contribution in [3.8, 4) is 0 Å². The van der Waals surface area contributed by atoms with Gasteiger partial charge in [0, 0.05) is 32.2 Å². The lowest BCUT2D eigenvalue weighted by molar-refractivity contribution is 0.117. The molecule has 108 valence electrons. The van der Waals surface area contributed by atoms with Crippen LogP contribution in [0.4, 0.5) is 0 Å². The van der Waals surface area contributed by atoms with Gasteiger partial charge in [0.15, 0.2) is 0 Å². The summed E-state index contributed by atoms with van der Waals surface area (Å²) in [5.41, 5.74) is 1.49. The minimum atomic E-state index is 0.587. The third-order valence-corrected chi connectivity index (χ3v) is 5.89. The van der Waals surface area contributed by atoms with Crippen LogP contribution in [0.25, 0.3) is 0 Å². The normalized spacial score (nSPS) is 37.4. The van der Waals surface area contributed by atoms with Crippen LogP contribution in [-0.2, 0) is 0 Å². The van der Waals surface area contributed by atoms with Crippen LogP contribution in [0.15, 0.2) is 30.3 Å². The Morgan fingerprint density at radius 1 is 1.10 bits per heavy atom. The van der Waals surface area contributed by atoms with Crippen LogP contribution in [0.3, 0.4) is 0 Å². The van der Waals surface area contributed by atoms with E-state index >= 15 is 0 Å². The van der Waals surface area contributed by atoms with Crippen LogP contribution < -0.4 is 5.32 Å². The van der Waals surface area contributed by atoms with Gasteiger partial charge in [-0.25, -0.2) is 0 Å². The third-order valence-electron chi connectivity index (χ3n) is 5.89. The number of piperazine rings is 1. The first-order valence-electron chi connectivity index (χ1n) is 8.40. The highest BCUT2D eigenvalue weighted by molar-refractivity contribution is 5.20. The molecule has 1 aliphatic heterocycles. The van der Waals surface area contributed by atoms with Crippen molar-refractivity contribution in [2.24, 2.45) is 17.8 Å². The predicted octanol–water partition coefficient (Wildman–Crippen LogP) is 3.07. The maximum absolute atomic E-state index is 3.58. The maximum atomic E-state index is 3.58. The fourth-order valence-electron chi connectivity index (χ4n) is 4.87. The van der Waals surface area contributed by atoms with Crippen molar-refractivity contribution in [2.75, 3.05) is 26.2 Å². The molecular weight excluding hydrogens is 244 g/mol. The number of fused-ring (bicyclic) bond motifs is 2. The van der Waals surface area contributed by atoms with E-state index in [1.54, 1.807) is 0 Å². The van der Waals surface area contributed by atoms with Gasteiger partial charge in [-0.15, -0.1) is 0 Å². The highest BCUT2D eigenvalue weighted by atomic mass is 15.2. The first kappa shape index (κ1) is 12.8. The van der Waals surface area contributed by atoms with Crippen molar-refractivity contribution >= 4 is 0 Å².